The van der Waals surface area contributed by atoms with Crippen LogP contribution in [0.1, 0.15) is 22.8 Å². The van der Waals surface area contributed by atoms with Crippen molar-refractivity contribution < 1.29 is 9.53 Å². The molecule has 0 saturated heterocycles. The second-order valence-corrected chi connectivity index (χ2v) is 4.14. The first kappa shape index (κ1) is 13.1. The molecule has 2 aromatic rings. The van der Waals surface area contributed by atoms with E-state index in [1.807, 2.05) is 31.2 Å². The number of nitrogens with zero attached hydrogens (tertiary/aromatic N) is 1. The predicted octanol–water partition coefficient (Wildman–Crippen LogP) is 3.31. The minimum absolute atomic E-state index is 0.350. The summed E-state index contributed by atoms with van der Waals surface area (Å²) < 4.78 is 4.90. The number of carbonyl (C=O) groups is 1. The molecule has 0 spiro atoms. The monoisotopic (exact) mass is 256 g/mol. The SMILES string of the molecule is CCOC(=O)c1ccc(Nc2ccc(C)cc2)nc1. The average Bonchev–Trinajstić information content (AvgIpc) is 2.42. The van der Waals surface area contributed by atoms with Gasteiger partial charge in [-0.15, -0.1) is 0 Å². The van der Waals surface area contributed by atoms with Crippen molar-refractivity contribution in [2.24, 2.45) is 0 Å². The van der Waals surface area contributed by atoms with Crippen LogP contribution in [0.3, 0.4) is 0 Å². The van der Waals surface area contributed by atoms with Gasteiger partial charge in [0.25, 0.3) is 0 Å². The molecule has 0 aliphatic rings. The van der Waals surface area contributed by atoms with Crippen molar-refractivity contribution >= 4 is 17.5 Å². The molecule has 0 atom stereocenters. The predicted molar refractivity (Wildman–Crippen MR) is 74.7 cm³/mol. The van der Waals surface area contributed by atoms with Crippen LogP contribution < -0.4 is 5.32 Å². The Bertz CT molecular complexity index is 547. The topological polar surface area (TPSA) is 51.2 Å². The van der Waals surface area contributed by atoms with E-state index >= 15 is 0 Å². The lowest BCUT2D eigenvalue weighted by Crippen LogP contribution is -2.05. The van der Waals surface area contributed by atoms with Gasteiger partial charge >= 0.3 is 5.97 Å². The fourth-order valence-electron chi connectivity index (χ4n) is 1.59. The van der Waals surface area contributed by atoms with Gasteiger partial charge in [0.15, 0.2) is 0 Å². The number of ether oxygens (including phenoxy) is 1. The van der Waals surface area contributed by atoms with Gasteiger partial charge in [0.2, 0.25) is 0 Å². The number of aryl methyl sites for hydroxylation is 1. The Kier molecular flexibility index (Phi) is 4.13. The number of benzene rings is 1. The van der Waals surface area contributed by atoms with Gasteiger partial charge in [-0.2, -0.15) is 0 Å². The van der Waals surface area contributed by atoms with Crippen LogP contribution in [0.25, 0.3) is 0 Å². The standard InChI is InChI=1S/C15H16N2O2/c1-3-19-15(18)12-6-9-14(16-10-12)17-13-7-4-11(2)5-8-13/h4-10H,3H2,1-2H3,(H,16,17). The van der Waals surface area contributed by atoms with E-state index in [2.05, 4.69) is 10.3 Å². The Balaban J connectivity index is 2.06. The average molecular weight is 256 g/mol. The van der Waals surface area contributed by atoms with Crippen LogP contribution in [0, 0.1) is 6.92 Å². The Labute approximate surface area is 112 Å². The lowest BCUT2D eigenvalue weighted by molar-refractivity contribution is 0.0526. The van der Waals surface area contributed by atoms with Crippen LogP contribution >= 0.6 is 0 Å². The van der Waals surface area contributed by atoms with E-state index in [0.29, 0.717) is 18.0 Å². The summed E-state index contributed by atoms with van der Waals surface area (Å²) in [6.07, 6.45) is 1.51. The molecular formula is C15H16N2O2. The molecular weight excluding hydrogens is 240 g/mol. The summed E-state index contributed by atoms with van der Waals surface area (Å²) in [5.74, 6) is 0.341. The molecule has 1 heterocycles. The number of hydrogen-bond acceptors (Lipinski definition) is 4. The van der Waals surface area contributed by atoms with Crippen molar-refractivity contribution in [3.63, 3.8) is 0 Å². The Hall–Kier alpha value is -2.36. The maximum atomic E-state index is 11.5. The van der Waals surface area contributed by atoms with Crippen molar-refractivity contribution in [3.05, 3.63) is 53.7 Å². The molecule has 0 saturated carbocycles. The fourth-order valence-corrected chi connectivity index (χ4v) is 1.59. The van der Waals surface area contributed by atoms with E-state index in [9.17, 15) is 4.79 Å². The molecule has 98 valence electrons. The Morgan fingerprint density at radius 3 is 2.53 bits per heavy atom. The van der Waals surface area contributed by atoms with Crippen LogP contribution in [0.15, 0.2) is 42.6 Å². The maximum absolute atomic E-state index is 11.5. The summed E-state index contributed by atoms with van der Waals surface area (Å²) in [5.41, 5.74) is 2.62. The third kappa shape index (κ3) is 3.55. The highest BCUT2D eigenvalue weighted by molar-refractivity contribution is 5.89. The third-order valence-corrected chi connectivity index (χ3v) is 2.60. The van der Waals surface area contributed by atoms with E-state index in [0.717, 1.165) is 5.69 Å². The quantitative estimate of drug-likeness (QED) is 0.853. The largest absolute Gasteiger partial charge is 0.462 e. The molecule has 1 aromatic heterocycles. The third-order valence-electron chi connectivity index (χ3n) is 2.60. The lowest BCUT2D eigenvalue weighted by Gasteiger charge is -2.06. The summed E-state index contributed by atoms with van der Waals surface area (Å²) in [6.45, 7) is 4.18. The molecule has 1 N–H and O–H groups in total. The number of hydrogen-bond donors (Lipinski definition) is 1. The van der Waals surface area contributed by atoms with Crippen LogP contribution in [0.2, 0.25) is 0 Å². The van der Waals surface area contributed by atoms with Crippen molar-refractivity contribution in [2.75, 3.05) is 11.9 Å². The zero-order valence-electron chi connectivity index (χ0n) is 11.0. The van der Waals surface area contributed by atoms with Crippen molar-refractivity contribution in [3.8, 4) is 0 Å². The van der Waals surface area contributed by atoms with Gasteiger partial charge < -0.3 is 10.1 Å². The van der Waals surface area contributed by atoms with Crippen molar-refractivity contribution in [1.29, 1.82) is 0 Å². The van der Waals surface area contributed by atoms with Gasteiger partial charge in [0.1, 0.15) is 5.82 Å². The highest BCUT2D eigenvalue weighted by Gasteiger charge is 2.06. The summed E-state index contributed by atoms with van der Waals surface area (Å²) in [4.78, 5) is 15.7. The van der Waals surface area contributed by atoms with E-state index in [1.165, 1.54) is 11.8 Å². The molecule has 4 heteroatoms. The van der Waals surface area contributed by atoms with Crippen LogP contribution in [0.4, 0.5) is 11.5 Å². The number of rotatable bonds is 4. The van der Waals surface area contributed by atoms with Gasteiger partial charge in [-0.05, 0) is 38.1 Å². The van der Waals surface area contributed by atoms with Gasteiger partial charge in [-0.25, -0.2) is 9.78 Å². The molecule has 0 fully saturated rings. The molecule has 0 radical (unpaired) electrons. The zero-order chi connectivity index (χ0) is 13.7. The number of aromatic nitrogens is 1. The lowest BCUT2D eigenvalue weighted by atomic mass is 10.2. The normalized spacial score (nSPS) is 10.0. The van der Waals surface area contributed by atoms with Crippen LogP contribution in [-0.2, 0) is 4.74 Å². The molecule has 0 amide bonds. The van der Waals surface area contributed by atoms with E-state index < -0.39 is 0 Å². The fraction of sp³-hybridized carbons (Fsp3) is 0.200. The minimum Gasteiger partial charge on any atom is -0.462 e. The number of pyridine rings is 1. The number of esters is 1. The van der Waals surface area contributed by atoms with Crippen LogP contribution in [-0.4, -0.2) is 17.6 Å². The van der Waals surface area contributed by atoms with E-state index in [1.54, 1.807) is 19.1 Å². The first-order chi connectivity index (χ1) is 9.19. The zero-order valence-corrected chi connectivity index (χ0v) is 11.0. The minimum atomic E-state index is -0.350. The molecule has 0 bridgehead atoms. The first-order valence-electron chi connectivity index (χ1n) is 6.16. The Morgan fingerprint density at radius 1 is 1.21 bits per heavy atom. The first-order valence-corrected chi connectivity index (χ1v) is 6.16. The number of anilines is 2. The van der Waals surface area contributed by atoms with Gasteiger partial charge in [-0.1, -0.05) is 17.7 Å². The van der Waals surface area contributed by atoms with Crippen molar-refractivity contribution in [2.45, 2.75) is 13.8 Å². The molecule has 1 aromatic carbocycles. The van der Waals surface area contributed by atoms with Gasteiger partial charge in [-0.3, -0.25) is 0 Å². The molecule has 2 rings (SSSR count). The summed E-state index contributed by atoms with van der Waals surface area (Å²) in [5, 5.41) is 3.17. The second kappa shape index (κ2) is 6.00. The molecule has 0 aliphatic heterocycles. The summed E-state index contributed by atoms with van der Waals surface area (Å²) >= 11 is 0. The Morgan fingerprint density at radius 2 is 1.95 bits per heavy atom. The summed E-state index contributed by atoms with van der Waals surface area (Å²) in [7, 11) is 0. The molecule has 4 nitrogen and oxygen atoms in total. The van der Waals surface area contributed by atoms with E-state index in [4.69, 9.17) is 4.74 Å². The summed E-state index contributed by atoms with van der Waals surface area (Å²) in [6, 6.07) is 11.5. The van der Waals surface area contributed by atoms with Gasteiger partial charge in [0, 0.05) is 11.9 Å². The molecule has 0 unspecified atom stereocenters. The number of carbonyl (C=O) groups excluding carboxylic acids is 1. The second-order valence-electron chi connectivity index (χ2n) is 4.14. The molecule has 19 heavy (non-hydrogen) atoms. The van der Waals surface area contributed by atoms with Gasteiger partial charge in [0.05, 0.1) is 12.2 Å². The van der Waals surface area contributed by atoms with Crippen LogP contribution in [0.5, 0.6) is 0 Å². The molecule has 0 aliphatic carbocycles. The highest BCUT2D eigenvalue weighted by atomic mass is 16.5. The highest BCUT2D eigenvalue weighted by Crippen LogP contribution is 2.15. The number of nitrogens with one attached hydrogen (secondary N) is 1. The smallest absolute Gasteiger partial charge is 0.339 e. The van der Waals surface area contributed by atoms with E-state index in [-0.39, 0.29) is 5.97 Å². The van der Waals surface area contributed by atoms with Crippen molar-refractivity contribution in [1.82, 2.24) is 4.98 Å². The maximum Gasteiger partial charge on any atom is 0.339 e.